The van der Waals surface area contributed by atoms with Crippen LogP contribution < -0.4 is 5.32 Å². The second-order valence-electron chi connectivity index (χ2n) is 3.25. The molecule has 2 rings (SSSR count). The van der Waals surface area contributed by atoms with Gasteiger partial charge in [0.15, 0.2) is 5.69 Å². The molecule has 0 spiro atoms. The molecule has 0 aliphatic heterocycles. The third kappa shape index (κ3) is 1.71. The number of hydrogen-bond acceptors (Lipinski definition) is 3. The summed E-state index contributed by atoms with van der Waals surface area (Å²) in [7, 11) is 0. The molecule has 70 valence electrons. The Kier molecular flexibility index (Phi) is 2.04. The van der Waals surface area contributed by atoms with Gasteiger partial charge in [-0.2, -0.15) is 0 Å². The van der Waals surface area contributed by atoms with E-state index in [-0.39, 0.29) is 5.91 Å². The lowest BCUT2D eigenvalue weighted by atomic mass is 10.3. The fourth-order valence-electron chi connectivity index (χ4n) is 1.21. The third-order valence-corrected chi connectivity index (χ3v) is 2.08. The van der Waals surface area contributed by atoms with Gasteiger partial charge in [-0.05, 0) is 19.8 Å². The number of hydrogen-bond donors (Lipinski definition) is 1. The summed E-state index contributed by atoms with van der Waals surface area (Å²) in [6, 6.07) is 1.74. The monoisotopic (exact) mass is 180 g/mol. The first-order valence-corrected chi connectivity index (χ1v) is 4.56. The average molecular weight is 180 g/mol. The van der Waals surface area contributed by atoms with Crippen molar-refractivity contribution in [2.75, 3.05) is 6.54 Å². The highest BCUT2D eigenvalue weighted by Crippen LogP contribution is 2.40. The molecule has 0 unspecified atom stereocenters. The highest BCUT2D eigenvalue weighted by atomic mass is 16.5. The molecular weight excluding hydrogens is 168 g/mol. The van der Waals surface area contributed by atoms with E-state index in [1.54, 1.807) is 6.07 Å². The fourth-order valence-corrected chi connectivity index (χ4v) is 1.21. The molecule has 13 heavy (non-hydrogen) atoms. The number of rotatable bonds is 3. The van der Waals surface area contributed by atoms with Crippen LogP contribution in [0.1, 0.15) is 41.9 Å². The van der Waals surface area contributed by atoms with Crippen LogP contribution in [0.4, 0.5) is 0 Å². The smallest absolute Gasteiger partial charge is 0.273 e. The molecule has 1 saturated carbocycles. The van der Waals surface area contributed by atoms with Crippen LogP contribution in [-0.4, -0.2) is 17.6 Å². The minimum absolute atomic E-state index is 0.154. The number of carbonyl (C=O) groups excluding carboxylic acids is 1. The first kappa shape index (κ1) is 8.29. The van der Waals surface area contributed by atoms with Crippen LogP contribution in [0.5, 0.6) is 0 Å². The average Bonchev–Trinajstić information content (AvgIpc) is 2.84. The molecule has 0 bridgehead atoms. The van der Waals surface area contributed by atoms with Gasteiger partial charge in [0.05, 0.1) is 0 Å². The van der Waals surface area contributed by atoms with E-state index in [4.69, 9.17) is 4.52 Å². The zero-order valence-corrected chi connectivity index (χ0v) is 7.54. The summed E-state index contributed by atoms with van der Waals surface area (Å²) in [5.41, 5.74) is 0.392. The zero-order valence-electron chi connectivity index (χ0n) is 7.54. The molecule has 0 atom stereocenters. The van der Waals surface area contributed by atoms with Crippen molar-refractivity contribution in [3.8, 4) is 0 Å². The molecule has 4 nitrogen and oxygen atoms in total. The van der Waals surface area contributed by atoms with Crippen LogP contribution >= 0.6 is 0 Å². The minimum atomic E-state index is -0.154. The number of nitrogens with one attached hydrogen (secondary N) is 1. The lowest BCUT2D eigenvalue weighted by Crippen LogP contribution is -2.22. The summed E-state index contributed by atoms with van der Waals surface area (Å²) in [5, 5.41) is 6.38. The number of nitrogens with zero attached hydrogens (tertiary/aromatic N) is 1. The Balaban J connectivity index is 2.07. The molecule has 0 aromatic carbocycles. The Hall–Kier alpha value is -1.32. The standard InChI is InChI=1S/C9H12N2O2/c1-2-10-9(12)7-5-8(13-11-7)6-3-4-6/h5-6H,2-4H2,1H3,(H,10,12). The van der Waals surface area contributed by atoms with Gasteiger partial charge >= 0.3 is 0 Å². The van der Waals surface area contributed by atoms with E-state index < -0.39 is 0 Å². The normalized spacial score (nSPS) is 15.8. The second kappa shape index (κ2) is 3.20. The number of amides is 1. The van der Waals surface area contributed by atoms with Crippen molar-refractivity contribution in [3.63, 3.8) is 0 Å². The van der Waals surface area contributed by atoms with Gasteiger partial charge < -0.3 is 9.84 Å². The van der Waals surface area contributed by atoms with Gasteiger partial charge in [0.25, 0.3) is 5.91 Å². The molecule has 4 heteroatoms. The molecule has 1 fully saturated rings. The molecular formula is C9H12N2O2. The molecule has 1 heterocycles. The second-order valence-corrected chi connectivity index (χ2v) is 3.25. The van der Waals surface area contributed by atoms with Gasteiger partial charge in [0, 0.05) is 18.5 Å². The Labute approximate surface area is 76.3 Å². The lowest BCUT2D eigenvalue weighted by Gasteiger charge is -1.94. The Morgan fingerprint density at radius 1 is 1.77 bits per heavy atom. The molecule has 1 aromatic heterocycles. The molecule has 1 aliphatic rings. The van der Waals surface area contributed by atoms with E-state index in [9.17, 15) is 4.79 Å². The maximum absolute atomic E-state index is 11.3. The van der Waals surface area contributed by atoms with Crippen molar-refractivity contribution in [2.45, 2.75) is 25.7 Å². The van der Waals surface area contributed by atoms with Gasteiger partial charge in [0.2, 0.25) is 0 Å². The Morgan fingerprint density at radius 3 is 3.15 bits per heavy atom. The quantitative estimate of drug-likeness (QED) is 0.762. The SMILES string of the molecule is CCNC(=O)c1cc(C2CC2)on1. The Bertz CT molecular complexity index is 315. The molecule has 1 amide bonds. The van der Waals surface area contributed by atoms with Crippen molar-refractivity contribution in [1.29, 1.82) is 0 Å². The van der Waals surface area contributed by atoms with Crippen molar-refractivity contribution in [2.24, 2.45) is 0 Å². The van der Waals surface area contributed by atoms with E-state index in [0.717, 1.165) is 18.6 Å². The van der Waals surface area contributed by atoms with Crippen LogP contribution in [-0.2, 0) is 0 Å². The predicted molar refractivity (Wildman–Crippen MR) is 46.5 cm³/mol. The van der Waals surface area contributed by atoms with E-state index in [1.165, 1.54) is 0 Å². The third-order valence-electron chi connectivity index (χ3n) is 2.08. The van der Waals surface area contributed by atoms with Crippen molar-refractivity contribution in [3.05, 3.63) is 17.5 Å². The first-order valence-electron chi connectivity index (χ1n) is 4.56. The van der Waals surface area contributed by atoms with Gasteiger partial charge in [-0.15, -0.1) is 0 Å². The highest BCUT2D eigenvalue weighted by Gasteiger charge is 2.28. The zero-order chi connectivity index (χ0) is 9.26. The maximum Gasteiger partial charge on any atom is 0.273 e. The number of carbonyl (C=O) groups is 1. The molecule has 1 N–H and O–H groups in total. The minimum Gasteiger partial charge on any atom is -0.360 e. The summed E-state index contributed by atoms with van der Waals surface area (Å²) < 4.78 is 5.05. The summed E-state index contributed by atoms with van der Waals surface area (Å²) in [6.07, 6.45) is 2.31. The van der Waals surface area contributed by atoms with Crippen molar-refractivity contribution < 1.29 is 9.32 Å². The fraction of sp³-hybridized carbons (Fsp3) is 0.556. The summed E-state index contributed by atoms with van der Waals surface area (Å²) in [5.74, 6) is 1.20. The van der Waals surface area contributed by atoms with Crippen LogP contribution in [0, 0.1) is 0 Å². The largest absolute Gasteiger partial charge is 0.360 e. The van der Waals surface area contributed by atoms with Crippen LogP contribution in [0.15, 0.2) is 10.6 Å². The molecule has 0 saturated heterocycles. The van der Waals surface area contributed by atoms with Gasteiger partial charge in [-0.25, -0.2) is 0 Å². The number of aromatic nitrogens is 1. The van der Waals surface area contributed by atoms with Crippen LogP contribution in [0.25, 0.3) is 0 Å². The first-order chi connectivity index (χ1) is 6.31. The summed E-state index contributed by atoms with van der Waals surface area (Å²) >= 11 is 0. The molecule has 1 aliphatic carbocycles. The maximum atomic E-state index is 11.3. The topological polar surface area (TPSA) is 55.1 Å². The van der Waals surface area contributed by atoms with Crippen molar-refractivity contribution >= 4 is 5.91 Å². The summed E-state index contributed by atoms with van der Waals surface area (Å²) in [6.45, 7) is 2.49. The molecule has 0 radical (unpaired) electrons. The summed E-state index contributed by atoms with van der Waals surface area (Å²) in [4.78, 5) is 11.3. The van der Waals surface area contributed by atoms with Gasteiger partial charge in [0.1, 0.15) is 5.76 Å². The highest BCUT2D eigenvalue weighted by molar-refractivity contribution is 5.92. The van der Waals surface area contributed by atoms with E-state index >= 15 is 0 Å². The Morgan fingerprint density at radius 2 is 2.54 bits per heavy atom. The lowest BCUT2D eigenvalue weighted by molar-refractivity contribution is 0.0946. The van der Waals surface area contributed by atoms with Gasteiger partial charge in [-0.3, -0.25) is 4.79 Å². The predicted octanol–water partition coefficient (Wildman–Crippen LogP) is 1.30. The van der Waals surface area contributed by atoms with Gasteiger partial charge in [-0.1, -0.05) is 5.16 Å². The van der Waals surface area contributed by atoms with Crippen molar-refractivity contribution in [1.82, 2.24) is 10.5 Å². The molecule has 1 aromatic rings. The van der Waals surface area contributed by atoms with Crippen LogP contribution in [0.3, 0.4) is 0 Å². The van der Waals surface area contributed by atoms with Crippen LogP contribution in [0.2, 0.25) is 0 Å². The van der Waals surface area contributed by atoms with E-state index in [1.807, 2.05) is 6.92 Å². The van der Waals surface area contributed by atoms with E-state index in [0.29, 0.717) is 18.2 Å². The van der Waals surface area contributed by atoms with E-state index in [2.05, 4.69) is 10.5 Å².